The second-order valence-electron chi connectivity index (χ2n) is 5.20. The summed E-state index contributed by atoms with van der Waals surface area (Å²) in [5.74, 6) is 0. The van der Waals surface area contributed by atoms with Crippen LogP contribution in [0.2, 0.25) is 5.02 Å². The van der Waals surface area contributed by atoms with E-state index in [2.05, 4.69) is 21.2 Å². The molecule has 0 atom stereocenters. The van der Waals surface area contributed by atoms with Gasteiger partial charge in [0.25, 0.3) is 0 Å². The zero-order valence-electron chi connectivity index (χ0n) is 10.4. The lowest BCUT2D eigenvalue weighted by molar-refractivity contribution is 0.0944. The minimum absolute atomic E-state index is 0.0599. The zero-order chi connectivity index (χ0) is 13.0. The number of benzene rings is 1. The Morgan fingerprint density at radius 3 is 2.61 bits per heavy atom. The first-order valence-electron chi connectivity index (χ1n) is 6.45. The van der Waals surface area contributed by atoms with Crippen LogP contribution < -0.4 is 5.32 Å². The van der Waals surface area contributed by atoms with Gasteiger partial charge in [0.05, 0.1) is 11.6 Å². The van der Waals surface area contributed by atoms with Gasteiger partial charge >= 0.3 is 0 Å². The Morgan fingerprint density at radius 2 is 2.00 bits per heavy atom. The molecule has 1 aliphatic rings. The van der Waals surface area contributed by atoms with Crippen molar-refractivity contribution in [1.29, 1.82) is 0 Å². The van der Waals surface area contributed by atoms with Crippen molar-refractivity contribution in [2.75, 3.05) is 18.5 Å². The topological polar surface area (TPSA) is 32.3 Å². The van der Waals surface area contributed by atoms with E-state index >= 15 is 0 Å². The van der Waals surface area contributed by atoms with Crippen LogP contribution in [0.4, 0.5) is 5.69 Å². The van der Waals surface area contributed by atoms with E-state index in [9.17, 15) is 5.11 Å². The molecule has 1 fully saturated rings. The molecule has 0 radical (unpaired) electrons. The summed E-state index contributed by atoms with van der Waals surface area (Å²) in [5.41, 5.74) is 1.11. The van der Waals surface area contributed by atoms with Crippen molar-refractivity contribution in [2.45, 2.75) is 32.1 Å². The SMILES string of the molecule is OCC1(CNc2ccc(Cl)c(Br)c2)CCCCC1. The van der Waals surface area contributed by atoms with Crippen LogP contribution in [-0.2, 0) is 0 Å². The van der Waals surface area contributed by atoms with Gasteiger partial charge in [-0.2, -0.15) is 0 Å². The third kappa shape index (κ3) is 3.40. The van der Waals surface area contributed by atoms with Crippen LogP contribution in [0.15, 0.2) is 22.7 Å². The minimum Gasteiger partial charge on any atom is -0.396 e. The Labute approximate surface area is 122 Å². The normalized spacial score (nSPS) is 18.6. The van der Waals surface area contributed by atoms with Gasteiger partial charge in [0, 0.05) is 22.1 Å². The van der Waals surface area contributed by atoms with E-state index in [0.29, 0.717) is 0 Å². The van der Waals surface area contributed by atoms with Gasteiger partial charge in [-0.05, 0) is 47.0 Å². The number of hydrogen-bond donors (Lipinski definition) is 2. The maximum Gasteiger partial charge on any atom is 0.0549 e. The first-order chi connectivity index (χ1) is 8.65. The van der Waals surface area contributed by atoms with Gasteiger partial charge in [-0.25, -0.2) is 0 Å². The highest BCUT2D eigenvalue weighted by molar-refractivity contribution is 9.10. The molecule has 1 aromatic rings. The predicted molar refractivity (Wildman–Crippen MR) is 80.2 cm³/mol. The number of halogens is 2. The van der Waals surface area contributed by atoms with Crippen molar-refractivity contribution < 1.29 is 5.11 Å². The van der Waals surface area contributed by atoms with Gasteiger partial charge in [-0.15, -0.1) is 0 Å². The second kappa shape index (κ2) is 6.27. The molecule has 4 heteroatoms. The van der Waals surface area contributed by atoms with Crippen LogP contribution in [0.1, 0.15) is 32.1 Å². The van der Waals surface area contributed by atoms with Crippen LogP contribution in [0.25, 0.3) is 0 Å². The Kier molecular flexibility index (Phi) is 4.93. The molecular weight excluding hydrogens is 314 g/mol. The molecule has 0 aromatic heterocycles. The Hall–Kier alpha value is -0.250. The second-order valence-corrected chi connectivity index (χ2v) is 6.46. The van der Waals surface area contributed by atoms with E-state index in [4.69, 9.17) is 11.6 Å². The highest BCUT2D eigenvalue weighted by atomic mass is 79.9. The number of nitrogens with one attached hydrogen (secondary N) is 1. The molecule has 1 saturated carbocycles. The number of rotatable bonds is 4. The Balaban J connectivity index is 1.98. The molecule has 1 aromatic carbocycles. The largest absolute Gasteiger partial charge is 0.396 e. The zero-order valence-corrected chi connectivity index (χ0v) is 12.7. The third-order valence-corrected chi connectivity index (χ3v) is 5.05. The quantitative estimate of drug-likeness (QED) is 0.853. The molecule has 0 bridgehead atoms. The van der Waals surface area contributed by atoms with Crippen molar-refractivity contribution in [3.63, 3.8) is 0 Å². The molecule has 18 heavy (non-hydrogen) atoms. The van der Waals surface area contributed by atoms with E-state index < -0.39 is 0 Å². The molecule has 0 spiro atoms. The number of aliphatic hydroxyl groups is 1. The number of aliphatic hydroxyl groups excluding tert-OH is 1. The predicted octanol–water partition coefficient (Wildman–Crippen LogP) is 4.46. The molecule has 0 unspecified atom stereocenters. The van der Waals surface area contributed by atoms with Crippen molar-refractivity contribution in [1.82, 2.24) is 0 Å². The summed E-state index contributed by atoms with van der Waals surface area (Å²) in [7, 11) is 0. The van der Waals surface area contributed by atoms with Gasteiger partial charge in [0.1, 0.15) is 0 Å². The van der Waals surface area contributed by atoms with E-state index in [1.54, 1.807) is 0 Å². The fourth-order valence-corrected chi connectivity index (χ4v) is 3.08. The summed E-state index contributed by atoms with van der Waals surface area (Å²) >= 11 is 9.39. The first kappa shape index (κ1) is 14.2. The first-order valence-corrected chi connectivity index (χ1v) is 7.62. The van der Waals surface area contributed by atoms with Gasteiger partial charge in [0.15, 0.2) is 0 Å². The van der Waals surface area contributed by atoms with Gasteiger partial charge in [-0.1, -0.05) is 30.9 Å². The van der Waals surface area contributed by atoms with Crippen LogP contribution in [0, 0.1) is 5.41 Å². The van der Waals surface area contributed by atoms with E-state index in [1.165, 1.54) is 19.3 Å². The average Bonchev–Trinajstić information content (AvgIpc) is 2.41. The molecule has 0 aliphatic heterocycles. The summed E-state index contributed by atoms with van der Waals surface area (Å²) in [5, 5.41) is 13.8. The van der Waals surface area contributed by atoms with E-state index in [1.807, 2.05) is 18.2 Å². The number of hydrogen-bond acceptors (Lipinski definition) is 2. The van der Waals surface area contributed by atoms with E-state index in [0.717, 1.165) is 34.6 Å². The molecule has 1 aliphatic carbocycles. The summed E-state index contributed by atoms with van der Waals surface area (Å²) in [4.78, 5) is 0. The Morgan fingerprint density at radius 1 is 1.28 bits per heavy atom. The fourth-order valence-electron chi connectivity index (χ4n) is 2.59. The van der Waals surface area contributed by atoms with Crippen LogP contribution >= 0.6 is 27.5 Å². The van der Waals surface area contributed by atoms with Crippen molar-refractivity contribution >= 4 is 33.2 Å². The maximum absolute atomic E-state index is 9.65. The summed E-state index contributed by atoms with van der Waals surface area (Å²) in [6.07, 6.45) is 5.99. The monoisotopic (exact) mass is 331 g/mol. The number of anilines is 1. The van der Waals surface area contributed by atoms with Crippen molar-refractivity contribution in [3.05, 3.63) is 27.7 Å². The highest BCUT2D eigenvalue weighted by Crippen LogP contribution is 2.36. The van der Waals surface area contributed by atoms with Crippen molar-refractivity contribution in [2.24, 2.45) is 5.41 Å². The van der Waals surface area contributed by atoms with E-state index in [-0.39, 0.29) is 12.0 Å². The fraction of sp³-hybridized carbons (Fsp3) is 0.571. The Bertz CT molecular complexity index is 405. The molecule has 0 heterocycles. The molecule has 0 amide bonds. The minimum atomic E-state index is 0.0599. The summed E-state index contributed by atoms with van der Waals surface area (Å²) < 4.78 is 0.899. The molecule has 2 nitrogen and oxygen atoms in total. The summed E-state index contributed by atoms with van der Waals surface area (Å²) in [6, 6.07) is 5.83. The van der Waals surface area contributed by atoms with Gasteiger partial charge < -0.3 is 10.4 Å². The van der Waals surface area contributed by atoms with Crippen LogP contribution in [0.3, 0.4) is 0 Å². The van der Waals surface area contributed by atoms with Crippen molar-refractivity contribution in [3.8, 4) is 0 Å². The lowest BCUT2D eigenvalue weighted by Gasteiger charge is -2.36. The maximum atomic E-state index is 9.65. The third-order valence-electron chi connectivity index (χ3n) is 3.84. The standard InChI is InChI=1S/C14H19BrClNO/c15-12-8-11(4-5-13(12)16)17-9-14(10-18)6-2-1-3-7-14/h4-5,8,17-18H,1-3,6-7,9-10H2. The molecular formula is C14H19BrClNO. The lowest BCUT2D eigenvalue weighted by atomic mass is 9.74. The van der Waals surface area contributed by atoms with Crippen LogP contribution in [0.5, 0.6) is 0 Å². The van der Waals surface area contributed by atoms with Crippen LogP contribution in [-0.4, -0.2) is 18.3 Å². The molecule has 0 saturated heterocycles. The summed E-state index contributed by atoms with van der Waals surface area (Å²) in [6.45, 7) is 1.10. The molecule has 2 N–H and O–H groups in total. The average molecular weight is 333 g/mol. The lowest BCUT2D eigenvalue weighted by Crippen LogP contribution is -2.35. The molecule has 2 rings (SSSR count). The smallest absolute Gasteiger partial charge is 0.0549 e. The van der Waals surface area contributed by atoms with Gasteiger partial charge in [0.2, 0.25) is 0 Å². The van der Waals surface area contributed by atoms with Gasteiger partial charge in [-0.3, -0.25) is 0 Å². The highest BCUT2D eigenvalue weighted by Gasteiger charge is 2.31. The molecule has 100 valence electrons.